The number of aliphatic carboxylic acids is 1. The van der Waals surface area contributed by atoms with Crippen molar-refractivity contribution in [2.24, 2.45) is 7.05 Å². The Kier molecular flexibility index (Phi) is 3.98. The summed E-state index contributed by atoms with van der Waals surface area (Å²) in [5.41, 5.74) is 4.75. The molecule has 138 valence electrons. The van der Waals surface area contributed by atoms with Gasteiger partial charge in [-0.05, 0) is 31.2 Å². The van der Waals surface area contributed by atoms with Crippen molar-refractivity contribution >= 4 is 40.1 Å². The molecule has 2 N–H and O–H groups in total. The van der Waals surface area contributed by atoms with Crippen LogP contribution in [0.2, 0.25) is 5.02 Å². The number of amides is 1. The molecule has 0 radical (unpaired) electrons. The van der Waals surface area contributed by atoms with Crippen LogP contribution < -0.4 is 10.4 Å². The molecule has 27 heavy (non-hydrogen) atoms. The van der Waals surface area contributed by atoms with Crippen LogP contribution in [0.15, 0.2) is 48.5 Å². The van der Waals surface area contributed by atoms with Crippen molar-refractivity contribution in [3.63, 3.8) is 0 Å². The van der Waals surface area contributed by atoms with E-state index in [9.17, 15) is 14.7 Å². The van der Waals surface area contributed by atoms with E-state index in [1.807, 2.05) is 24.3 Å². The number of carboxylic acid groups (broad SMARTS) is 1. The number of rotatable bonds is 3. The number of hydrazine groups is 1. The van der Waals surface area contributed by atoms with E-state index in [0.29, 0.717) is 22.0 Å². The molecule has 1 unspecified atom stereocenters. The summed E-state index contributed by atoms with van der Waals surface area (Å²) in [5, 5.41) is 12.3. The predicted octanol–water partition coefficient (Wildman–Crippen LogP) is 3.69. The lowest BCUT2D eigenvalue weighted by atomic mass is 9.85. The van der Waals surface area contributed by atoms with Crippen molar-refractivity contribution < 1.29 is 14.7 Å². The summed E-state index contributed by atoms with van der Waals surface area (Å²) in [4.78, 5) is 25.0. The number of aromatic nitrogens is 1. The molecule has 7 heteroatoms. The number of anilines is 1. The van der Waals surface area contributed by atoms with Gasteiger partial charge < -0.3 is 9.67 Å². The SMILES string of the molecule is Cn1c2c(c3ccc(Cl)cc31)C(C)(CC(=O)O)NN(c1ccccc1)C2=O. The molecule has 0 fully saturated rings. The van der Waals surface area contributed by atoms with Gasteiger partial charge in [0, 0.05) is 23.0 Å². The molecular formula is C20H18ClN3O3. The Balaban J connectivity index is 2.01. The third kappa shape index (κ3) is 2.69. The Morgan fingerprint density at radius 1 is 1.22 bits per heavy atom. The van der Waals surface area contributed by atoms with Gasteiger partial charge in [-0.1, -0.05) is 35.9 Å². The fraction of sp³-hybridized carbons (Fsp3) is 0.200. The summed E-state index contributed by atoms with van der Waals surface area (Å²) >= 11 is 6.15. The molecule has 1 amide bonds. The van der Waals surface area contributed by atoms with Gasteiger partial charge in [-0.3, -0.25) is 9.59 Å². The molecule has 2 aromatic carbocycles. The Hall–Kier alpha value is -2.83. The average molecular weight is 384 g/mol. The van der Waals surface area contributed by atoms with Gasteiger partial charge in [-0.25, -0.2) is 10.4 Å². The van der Waals surface area contributed by atoms with Crippen molar-refractivity contribution in [3.05, 3.63) is 64.8 Å². The van der Waals surface area contributed by atoms with Crippen LogP contribution >= 0.6 is 11.6 Å². The van der Waals surface area contributed by atoms with Gasteiger partial charge >= 0.3 is 5.97 Å². The fourth-order valence-electron chi connectivity index (χ4n) is 3.87. The number of hydrogen-bond acceptors (Lipinski definition) is 3. The molecule has 1 aliphatic heterocycles. The topological polar surface area (TPSA) is 74.6 Å². The van der Waals surface area contributed by atoms with Crippen molar-refractivity contribution in [2.45, 2.75) is 18.9 Å². The first-order chi connectivity index (χ1) is 12.8. The molecular weight excluding hydrogens is 366 g/mol. The Morgan fingerprint density at radius 2 is 1.93 bits per heavy atom. The van der Waals surface area contributed by atoms with Crippen LogP contribution in [0.4, 0.5) is 5.69 Å². The number of carboxylic acids is 1. The van der Waals surface area contributed by atoms with Crippen LogP contribution in [0, 0.1) is 0 Å². The molecule has 0 spiro atoms. The molecule has 6 nitrogen and oxygen atoms in total. The zero-order chi connectivity index (χ0) is 19.3. The van der Waals surface area contributed by atoms with E-state index in [4.69, 9.17) is 11.6 Å². The zero-order valence-electron chi connectivity index (χ0n) is 14.9. The first-order valence-electron chi connectivity index (χ1n) is 8.49. The molecule has 2 heterocycles. The van der Waals surface area contributed by atoms with Gasteiger partial charge in [0.2, 0.25) is 0 Å². The smallest absolute Gasteiger partial charge is 0.305 e. The number of hydrogen-bond donors (Lipinski definition) is 2. The molecule has 0 saturated carbocycles. The third-order valence-corrected chi connectivity index (χ3v) is 5.23. The quantitative estimate of drug-likeness (QED) is 0.723. The van der Waals surface area contributed by atoms with Crippen molar-refractivity contribution in [3.8, 4) is 0 Å². The minimum Gasteiger partial charge on any atom is -0.481 e. The van der Waals surface area contributed by atoms with Crippen molar-refractivity contribution in [1.29, 1.82) is 0 Å². The molecule has 1 atom stereocenters. The number of carbonyl (C=O) groups is 2. The fourth-order valence-corrected chi connectivity index (χ4v) is 4.03. The van der Waals surface area contributed by atoms with E-state index in [1.165, 1.54) is 5.01 Å². The summed E-state index contributed by atoms with van der Waals surface area (Å²) in [5.74, 6) is -1.20. The Labute approximate surface area is 160 Å². The summed E-state index contributed by atoms with van der Waals surface area (Å²) in [6, 6.07) is 14.5. The number of aryl methyl sites for hydroxylation is 1. The average Bonchev–Trinajstić information content (AvgIpc) is 2.92. The van der Waals surface area contributed by atoms with Crippen molar-refractivity contribution in [2.75, 3.05) is 5.01 Å². The van der Waals surface area contributed by atoms with Gasteiger partial charge in [0.1, 0.15) is 5.69 Å². The van der Waals surface area contributed by atoms with Gasteiger partial charge in [-0.15, -0.1) is 0 Å². The molecule has 1 aliphatic rings. The lowest BCUT2D eigenvalue weighted by Gasteiger charge is -2.41. The second kappa shape index (κ2) is 6.11. The number of fused-ring (bicyclic) bond motifs is 3. The maximum atomic E-state index is 13.3. The van der Waals surface area contributed by atoms with Gasteiger partial charge in [-0.2, -0.15) is 0 Å². The first kappa shape index (κ1) is 17.6. The second-order valence-corrected chi connectivity index (χ2v) is 7.37. The highest BCUT2D eigenvalue weighted by molar-refractivity contribution is 6.31. The van der Waals surface area contributed by atoms with E-state index >= 15 is 0 Å². The number of para-hydroxylation sites is 1. The van der Waals surface area contributed by atoms with Crippen LogP contribution in [0.25, 0.3) is 10.9 Å². The number of halogens is 1. The number of benzene rings is 2. The summed E-state index contributed by atoms with van der Waals surface area (Å²) < 4.78 is 1.79. The monoisotopic (exact) mass is 383 g/mol. The van der Waals surface area contributed by atoms with Gasteiger partial charge in [0.25, 0.3) is 5.91 Å². The van der Waals surface area contributed by atoms with Crippen molar-refractivity contribution in [1.82, 2.24) is 9.99 Å². The van der Waals surface area contributed by atoms with Gasteiger partial charge in [0.05, 0.1) is 23.2 Å². The lowest BCUT2D eigenvalue weighted by Crippen LogP contribution is -2.59. The molecule has 0 bridgehead atoms. The third-order valence-electron chi connectivity index (χ3n) is 5.00. The predicted molar refractivity (Wildman–Crippen MR) is 104 cm³/mol. The highest BCUT2D eigenvalue weighted by atomic mass is 35.5. The minimum absolute atomic E-state index is 0.182. The maximum Gasteiger partial charge on any atom is 0.305 e. The minimum atomic E-state index is -0.974. The number of nitrogens with zero attached hydrogens (tertiary/aromatic N) is 2. The standard InChI is InChI=1S/C20H18ClN3O3/c1-20(11-16(25)26)17-14-9-8-12(21)10-15(14)23(2)18(17)19(27)24(22-20)13-6-4-3-5-7-13/h3-10,22H,11H2,1-2H3,(H,25,26). The maximum absolute atomic E-state index is 13.3. The van der Waals surface area contributed by atoms with E-state index in [1.54, 1.807) is 42.8 Å². The molecule has 3 aromatic rings. The van der Waals surface area contributed by atoms with E-state index < -0.39 is 11.5 Å². The summed E-state index contributed by atoms with van der Waals surface area (Å²) in [6.45, 7) is 1.80. The van der Waals surface area contributed by atoms with E-state index in [0.717, 1.165) is 10.9 Å². The zero-order valence-corrected chi connectivity index (χ0v) is 15.6. The summed E-state index contributed by atoms with van der Waals surface area (Å²) in [7, 11) is 1.80. The normalized spacial score (nSPS) is 19.4. The molecule has 4 rings (SSSR count). The Morgan fingerprint density at radius 3 is 2.59 bits per heavy atom. The van der Waals surface area contributed by atoms with Crippen LogP contribution in [-0.2, 0) is 17.4 Å². The van der Waals surface area contributed by atoms with Crippen LogP contribution in [0.5, 0.6) is 0 Å². The van der Waals surface area contributed by atoms with Crippen LogP contribution in [0.3, 0.4) is 0 Å². The second-order valence-electron chi connectivity index (χ2n) is 6.93. The van der Waals surface area contributed by atoms with E-state index in [-0.39, 0.29) is 12.3 Å². The molecule has 1 aromatic heterocycles. The molecule has 0 aliphatic carbocycles. The van der Waals surface area contributed by atoms with Crippen LogP contribution in [0.1, 0.15) is 29.4 Å². The largest absolute Gasteiger partial charge is 0.481 e. The first-order valence-corrected chi connectivity index (χ1v) is 8.87. The highest BCUT2D eigenvalue weighted by Crippen LogP contribution is 2.41. The highest BCUT2D eigenvalue weighted by Gasteiger charge is 2.45. The lowest BCUT2D eigenvalue weighted by molar-refractivity contribution is -0.138. The molecule has 0 saturated heterocycles. The number of nitrogens with one attached hydrogen (secondary N) is 1. The van der Waals surface area contributed by atoms with Crippen LogP contribution in [-0.4, -0.2) is 21.6 Å². The number of carbonyl (C=O) groups excluding carboxylic acids is 1. The van der Waals surface area contributed by atoms with E-state index in [2.05, 4.69) is 5.43 Å². The Bertz CT molecular complexity index is 1080. The summed E-state index contributed by atoms with van der Waals surface area (Å²) in [6.07, 6.45) is -0.182. The van der Waals surface area contributed by atoms with Gasteiger partial charge in [0.15, 0.2) is 0 Å².